The Bertz CT molecular complexity index is 316. The van der Waals surface area contributed by atoms with Crippen LogP contribution in [-0.2, 0) is 4.74 Å². The molecule has 0 bridgehead atoms. The fourth-order valence-electron chi connectivity index (χ4n) is 1.46. The first-order chi connectivity index (χ1) is 7.74. The van der Waals surface area contributed by atoms with Crippen LogP contribution in [-0.4, -0.2) is 7.11 Å². The van der Waals surface area contributed by atoms with Gasteiger partial charge in [-0.1, -0.05) is 58.2 Å². The Balaban J connectivity index is 0. The molecule has 1 heteroatoms. The number of rotatable bonds is 7. The van der Waals surface area contributed by atoms with Gasteiger partial charge in [0, 0.05) is 5.57 Å². The van der Waals surface area contributed by atoms with Crippen molar-refractivity contribution in [3.8, 4) is 0 Å². The van der Waals surface area contributed by atoms with Crippen molar-refractivity contribution >= 4 is 0 Å². The van der Waals surface area contributed by atoms with Crippen molar-refractivity contribution in [2.24, 2.45) is 0 Å². The monoisotopic (exact) mass is 234 g/mol. The molecule has 0 rings (SSSR count). The van der Waals surface area contributed by atoms with E-state index in [1.165, 1.54) is 5.57 Å². The van der Waals surface area contributed by atoms with E-state index in [1.807, 2.05) is 37.3 Å². The van der Waals surface area contributed by atoms with E-state index < -0.39 is 0 Å². The van der Waals surface area contributed by atoms with Crippen LogP contribution >= 0.6 is 0 Å². The summed E-state index contributed by atoms with van der Waals surface area (Å²) in [5, 5.41) is 0. The molecule has 0 aliphatic carbocycles. The van der Waals surface area contributed by atoms with Gasteiger partial charge in [-0.3, -0.25) is 0 Å². The molecule has 0 saturated carbocycles. The molecule has 0 heterocycles. The van der Waals surface area contributed by atoms with Gasteiger partial charge in [-0.05, 0) is 25.0 Å². The molecule has 0 atom stereocenters. The SMILES string of the molecule is C.C=C/C(CCC)=C(C=C)/C(=C/C=C\C)OC. The standard InChI is InChI=1S/C15H22O.CH4/c1-6-10-12-15(16-5)14(9-4)13(8-3)11-7-2;/h6,8-10,12H,3-4,7,11H2,1-2,5H3;1H4/b10-6-,14-13-,15-12-;. The Labute approximate surface area is 107 Å². The molecule has 96 valence electrons. The van der Waals surface area contributed by atoms with Crippen molar-refractivity contribution in [2.75, 3.05) is 7.11 Å². The first-order valence-electron chi connectivity index (χ1n) is 5.60. The summed E-state index contributed by atoms with van der Waals surface area (Å²) in [4.78, 5) is 0. The second-order valence-electron chi connectivity index (χ2n) is 3.36. The number of hydrogen-bond acceptors (Lipinski definition) is 1. The van der Waals surface area contributed by atoms with Crippen molar-refractivity contribution in [1.29, 1.82) is 0 Å². The smallest absolute Gasteiger partial charge is 0.126 e. The van der Waals surface area contributed by atoms with Crippen molar-refractivity contribution in [3.63, 3.8) is 0 Å². The van der Waals surface area contributed by atoms with Gasteiger partial charge in [0.1, 0.15) is 5.76 Å². The number of allylic oxidation sites excluding steroid dienone is 6. The Morgan fingerprint density at radius 2 is 1.88 bits per heavy atom. The van der Waals surface area contributed by atoms with E-state index >= 15 is 0 Å². The van der Waals surface area contributed by atoms with Crippen molar-refractivity contribution in [1.82, 2.24) is 0 Å². The second-order valence-corrected chi connectivity index (χ2v) is 3.36. The third kappa shape index (κ3) is 5.96. The van der Waals surface area contributed by atoms with Crippen LogP contribution in [0.4, 0.5) is 0 Å². The topological polar surface area (TPSA) is 9.23 Å². The lowest BCUT2D eigenvalue weighted by molar-refractivity contribution is 0.302. The third-order valence-corrected chi connectivity index (χ3v) is 2.24. The first-order valence-corrected chi connectivity index (χ1v) is 5.60. The summed E-state index contributed by atoms with van der Waals surface area (Å²) in [5.41, 5.74) is 2.20. The van der Waals surface area contributed by atoms with Gasteiger partial charge in [0.15, 0.2) is 0 Å². The molecule has 0 aliphatic rings. The molecule has 0 unspecified atom stereocenters. The summed E-state index contributed by atoms with van der Waals surface area (Å²) in [5.74, 6) is 0.830. The van der Waals surface area contributed by atoms with Gasteiger partial charge in [-0.2, -0.15) is 0 Å². The number of ether oxygens (including phenoxy) is 1. The van der Waals surface area contributed by atoms with E-state index in [0.717, 1.165) is 24.2 Å². The fourth-order valence-corrected chi connectivity index (χ4v) is 1.46. The van der Waals surface area contributed by atoms with Crippen LogP contribution < -0.4 is 0 Å². The maximum atomic E-state index is 5.37. The maximum Gasteiger partial charge on any atom is 0.126 e. The molecule has 17 heavy (non-hydrogen) atoms. The molecule has 0 saturated heterocycles. The van der Waals surface area contributed by atoms with Gasteiger partial charge in [0.2, 0.25) is 0 Å². The summed E-state index contributed by atoms with van der Waals surface area (Å²) in [6.07, 6.45) is 11.6. The summed E-state index contributed by atoms with van der Waals surface area (Å²) in [7, 11) is 1.67. The van der Waals surface area contributed by atoms with E-state index in [0.29, 0.717) is 0 Å². The van der Waals surface area contributed by atoms with Crippen molar-refractivity contribution < 1.29 is 4.74 Å². The predicted octanol–water partition coefficient (Wildman–Crippen LogP) is 5.20. The zero-order valence-corrected chi connectivity index (χ0v) is 10.6. The van der Waals surface area contributed by atoms with Gasteiger partial charge in [-0.15, -0.1) is 0 Å². The van der Waals surface area contributed by atoms with Crippen LogP contribution in [0.3, 0.4) is 0 Å². The van der Waals surface area contributed by atoms with Crippen LogP contribution in [0.1, 0.15) is 34.1 Å². The fraction of sp³-hybridized carbons (Fsp3) is 0.375. The van der Waals surface area contributed by atoms with Gasteiger partial charge in [-0.25, -0.2) is 0 Å². The van der Waals surface area contributed by atoms with Crippen LogP contribution in [0.2, 0.25) is 0 Å². The van der Waals surface area contributed by atoms with E-state index in [4.69, 9.17) is 4.74 Å². The molecule has 0 amide bonds. The molecule has 0 N–H and O–H groups in total. The first kappa shape index (κ1) is 17.9. The predicted molar refractivity (Wildman–Crippen MR) is 79.0 cm³/mol. The van der Waals surface area contributed by atoms with Crippen LogP contribution in [0.15, 0.2) is 60.4 Å². The van der Waals surface area contributed by atoms with Crippen molar-refractivity contribution in [3.05, 3.63) is 60.4 Å². The molecular weight excluding hydrogens is 208 g/mol. The van der Waals surface area contributed by atoms with Gasteiger partial charge < -0.3 is 4.74 Å². The van der Waals surface area contributed by atoms with Crippen LogP contribution in [0, 0.1) is 0 Å². The number of hydrogen-bond donors (Lipinski definition) is 0. The van der Waals surface area contributed by atoms with Crippen molar-refractivity contribution in [2.45, 2.75) is 34.1 Å². The Hall–Kier alpha value is -1.50. The van der Waals surface area contributed by atoms with E-state index in [-0.39, 0.29) is 7.43 Å². The lowest BCUT2D eigenvalue weighted by Crippen LogP contribution is -1.94. The molecule has 0 aromatic rings. The van der Waals surface area contributed by atoms with Gasteiger partial charge in [0.25, 0.3) is 0 Å². The molecule has 0 spiro atoms. The molecule has 0 radical (unpaired) electrons. The quantitative estimate of drug-likeness (QED) is 0.434. The maximum absolute atomic E-state index is 5.37. The highest BCUT2D eigenvalue weighted by Crippen LogP contribution is 2.21. The van der Waals surface area contributed by atoms with Crippen LogP contribution in [0.5, 0.6) is 0 Å². The summed E-state index contributed by atoms with van der Waals surface area (Å²) in [6.45, 7) is 11.8. The molecule has 0 aromatic heterocycles. The average molecular weight is 234 g/mol. The highest BCUT2D eigenvalue weighted by atomic mass is 16.5. The van der Waals surface area contributed by atoms with Gasteiger partial charge >= 0.3 is 0 Å². The van der Waals surface area contributed by atoms with Gasteiger partial charge in [0.05, 0.1) is 7.11 Å². The molecule has 0 fully saturated rings. The molecule has 0 aliphatic heterocycles. The molecular formula is C16H26O. The minimum Gasteiger partial charge on any atom is -0.496 e. The lowest BCUT2D eigenvalue weighted by Gasteiger charge is -2.11. The summed E-state index contributed by atoms with van der Waals surface area (Å²) in [6, 6.07) is 0. The molecule has 1 nitrogen and oxygen atoms in total. The second kappa shape index (κ2) is 11.0. The largest absolute Gasteiger partial charge is 0.496 e. The van der Waals surface area contributed by atoms with E-state index in [9.17, 15) is 0 Å². The average Bonchev–Trinajstić information content (AvgIpc) is 2.32. The molecule has 0 aromatic carbocycles. The summed E-state index contributed by atoms with van der Waals surface area (Å²) >= 11 is 0. The highest BCUT2D eigenvalue weighted by Gasteiger charge is 2.05. The highest BCUT2D eigenvalue weighted by molar-refractivity contribution is 5.44. The van der Waals surface area contributed by atoms with E-state index in [1.54, 1.807) is 7.11 Å². The third-order valence-electron chi connectivity index (χ3n) is 2.24. The van der Waals surface area contributed by atoms with Crippen LogP contribution in [0.25, 0.3) is 0 Å². The Kier molecular flexibility index (Phi) is 11.6. The normalized spacial score (nSPS) is 12.8. The van der Waals surface area contributed by atoms with E-state index in [2.05, 4.69) is 20.1 Å². The lowest BCUT2D eigenvalue weighted by atomic mass is 10.0. The minimum atomic E-state index is 0. The zero-order valence-electron chi connectivity index (χ0n) is 10.6. The number of methoxy groups -OCH3 is 1. The Morgan fingerprint density at radius 1 is 1.24 bits per heavy atom. The summed E-state index contributed by atoms with van der Waals surface area (Å²) < 4.78 is 5.37. The zero-order chi connectivity index (χ0) is 12.4. The Morgan fingerprint density at radius 3 is 2.24 bits per heavy atom. The minimum absolute atomic E-state index is 0.